The lowest BCUT2D eigenvalue weighted by Gasteiger charge is -2.29. The van der Waals surface area contributed by atoms with E-state index in [1.807, 2.05) is 20.8 Å². The van der Waals surface area contributed by atoms with Crippen LogP contribution in [0, 0.1) is 5.41 Å². The van der Waals surface area contributed by atoms with E-state index in [1.54, 1.807) is 0 Å². The first-order valence-corrected chi connectivity index (χ1v) is 3.76. The molecule has 3 heteroatoms. The van der Waals surface area contributed by atoms with Gasteiger partial charge in [-0.3, -0.25) is 4.79 Å². The van der Waals surface area contributed by atoms with Gasteiger partial charge in [0.2, 0.25) is 5.91 Å². The minimum Gasteiger partial charge on any atom is -0.394 e. The first-order chi connectivity index (χ1) is 4.88. The van der Waals surface area contributed by atoms with Crippen LogP contribution in [0.5, 0.6) is 0 Å². The molecule has 0 aliphatic rings. The molecule has 0 bridgehead atoms. The van der Waals surface area contributed by atoms with Crippen molar-refractivity contribution in [3.63, 3.8) is 0 Å². The van der Waals surface area contributed by atoms with Gasteiger partial charge in [-0.1, -0.05) is 20.8 Å². The van der Waals surface area contributed by atoms with Crippen LogP contribution in [0.1, 0.15) is 27.7 Å². The van der Waals surface area contributed by atoms with Crippen LogP contribution in [0.2, 0.25) is 0 Å². The minimum absolute atomic E-state index is 0.0108. The van der Waals surface area contributed by atoms with Gasteiger partial charge in [0.25, 0.3) is 0 Å². The Morgan fingerprint density at radius 1 is 1.55 bits per heavy atom. The topological polar surface area (TPSA) is 49.3 Å². The van der Waals surface area contributed by atoms with Gasteiger partial charge in [-0.25, -0.2) is 0 Å². The Kier molecular flexibility index (Phi) is 3.52. The molecule has 11 heavy (non-hydrogen) atoms. The molecule has 0 spiro atoms. The molecule has 0 radical (unpaired) electrons. The zero-order chi connectivity index (χ0) is 9.07. The van der Waals surface area contributed by atoms with Crippen molar-refractivity contribution in [2.24, 2.45) is 5.41 Å². The van der Waals surface area contributed by atoms with Crippen LogP contribution in [-0.4, -0.2) is 23.7 Å². The van der Waals surface area contributed by atoms with Crippen molar-refractivity contribution in [3.05, 3.63) is 0 Å². The summed E-state index contributed by atoms with van der Waals surface area (Å²) in [4.78, 5) is 10.6. The van der Waals surface area contributed by atoms with E-state index in [0.717, 1.165) is 0 Å². The van der Waals surface area contributed by atoms with Crippen molar-refractivity contribution in [1.82, 2.24) is 5.32 Å². The molecular weight excluding hydrogens is 142 g/mol. The quantitative estimate of drug-likeness (QED) is 0.617. The SMILES string of the molecule is CC(=O)N[C@H](CO)C(C)(C)C. The lowest BCUT2D eigenvalue weighted by atomic mass is 9.87. The largest absolute Gasteiger partial charge is 0.394 e. The third kappa shape index (κ3) is 3.98. The van der Waals surface area contributed by atoms with Crippen LogP contribution in [0.25, 0.3) is 0 Å². The van der Waals surface area contributed by atoms with Gasteiger partial charge in [0.1, 0.15) is 0 Å². The number of rotatable bonds is 2. The number of carbonyl (C=O) groups excluding carboxylic acids is 1. The Morgan fingerprint density at radius 2 is 2.00 bits per heavy atom. The fourth-order valence-electron chi connectivity index (χ4n) is 0.781. The van der Waals surface area contributed by atoms with E-state index < -0.39 is 0 Å². The van der Waals surface area contributed by atoms with E-state index in [0.29, 0.717) is 0 Å². The predicted molar refractivity (Wildman–Crippen MR) is 44.1 cm³/mol. The Morgan fingerprint density at radius 3 is 2.09 bits per heavy atom. The van der Waals surface area contributed by atoms with E-state index in [4.69, 9.17) is 5.11 Å². The number of hydrogen-bond acceptors (Lipinski definition) is 2. The molecule has 0 heterocycles. The van der Waals surface area contributed by atoms with Crippen molar-refractivity contribution >= 4 is 5.91 Å². The Balaban J connectivity index is 4.07. The van der Waals surface area contributed by atoms with Crippen LogP contribution < -0.4 is 5.32 Å². The molecule has 0 aromatic heterocycles. The normalized spacial score (nSPS) is 14.3. The lowest BCUT2D eigenvalue weighted by molar-refractivity contribution is -0.120. The van der Waals surface area contributed by atoms with Gasteiger partial charge < -0.3 is 10.4 Å². The molecule has 3 nitrogen and oxygen atoms in total. The molecule has 0 unspecified atom stereocenters. The standard InChI is InChI=1S/C8H17NO2/c1-6(11)9-7(5-10)8(2,3)4/h7,10H,5H2,1-4H3,(H,9,11)/t7-/m1/s1. The molecule has 0 aromatic rings. The molecule has 0 saturated carbocycles. The van der Waals surface area contributed by atoms with Gasteiger partial charge in [0.05, 0.1) is 12.6 Å². The third-order valence-electron chi connectivity index (χ3n) is 1.61. The Bertz CT molecular complexity index is 138. The van der Waals surface area contributed by atoms with Crippen LogP contribution in [0.4, 0.5) is 0 Å². The van der Waals surface area contributed by atoms with Crippen molar-refractivity contribution < 1.29 is 9.90 Å². The third-order valence-corrected chi connectivity index (χ3v) is 1.61. The number of amides is 1. The average molecular weight is 159 g/mol. The molecule has 0 aliphatic heterocycles. The summed E-state index contributed by atoms with van der Waals surface area (Å²) in [6.07, 6.45) is 0. The Hall–Kier alpha value is -0.570. The van der Waals surface area contributed by atoms with E-state index in [9.17, 15) is 4.79 Å². The van der Waals surface area contributed by atoms with Gasteiger partial charge in [-0.15, -0.1) is 0 Å². The van der Waals surface area contributed by atoms with E-state index in [2.05, 4.69) is 5.32 Å². The molecule has 0 fully saturated rings. The van der Waals surface area contributed by atoms with Crippen LogP contribution >= 0.6 is 0 Å². The second-order valence-corrected chi connectivity index (χ2v) is 3.80. The fourth-order valence-corrected chi connectivity index (χ4v) is 0.781. The Labute approximate surface area is 67.8 Å². The van der Waals surface area contributed by atoms with Crippen LogP contribution in [0.3, 0.4) is 0 Å². The number of nitrogens with one attached hydrogen (secondary N) is 1. The number of hydrogen-bond donors (Lipinski definition) is 2. The highest BCUT2D eigenvalue weighted by Gasteiger charge is 2.23. The summed E-state index contributed by atoms with van der Waals surface area (Å²) in [6.45, 7) is 7.37. The second-order valence-electron chi connectivity index (χ2n) is 3.80. The van der Waals surface area contributed by atoms with Gasteiger partial charge in [-0.2, -0.15) is 0 Å². The summed E-state index contributed by atoms with van der Waals surface area (Å²) in [6, 6.07) is -0.153. The van der Waals surface area contributed by atoms with Crippen LogP contribution in [-0.2, 0) is 4.79 Å². The lowest BCUT2D eigenvalue weighted by Crippen LogP contribution is -2.45. The molecule has 2 N–H and O–H groups in total. The van der Waals surface area contributed by atoms with E-state index in [-0.39, 0.29) is 24.0 Å². The molecule has 1 atom stereocenters. The molecule has 66 valence electrons. The molecule has 0 aromatic carbocycles. The van der Waals surface area contributed by atoms with Crippen molar-refractivity contribution in [3.8, 4) is 0 Å². The maximum Gasteiger partial charge on any atom is 0.217 e. The predicted octanol–water partition coefficient (Wildman–Crippen LogP) is 0.529. The highest BCUT2D eigenvalue weighted by molar-refractivity contribution is 5.73. The molecular formula is C8H17NO2. The average Bonchev–Trinajstić information content (AvgIpc) is 1.79. The second kappa shape index (κ2) is 3.72. The van der Waals surface area contributed by atoms with Gasteiger partial charge in [0, 0.05) is 6.92 Å². The van der Waals surface area contributed by atoms with Crippen molar-refractivity contribution in [2.45, 2.75) is 33.7 Å². The number of aliphatic hydroxyl groups excluding tert-OH is 1. The summed E-state index contributed by atoms with van der Waals surface area (Å²) in [5.74, 6) is -0.0982. The highest BCUT2D eigenvalue weighted by Crippen LogP contribution is 2.18. The first-order valence-electron chi connectivity index (χ1n) is 3.76. The van der Waals surface area contributed by atoms with Gasteiger partial charge in [0.15, 0.2) is 0 Å². The summed E-state index contributed by atoms with van der Waals surface area (Å²) in [5, 5.41) is 11.6. The molecule has 0 rings (SSSR count). The number of aliphatic hydroxyl groups is 1. The van der Waals surface area contributed by atoms with Gasteiger partial charge in [-0.05, 0) is 5.41 Å². The first kappa shape index (κ1) is 10.4. The molecule has 0 aliphatic carbocycles. The van der Waals surface area contributed by atoms with Crippen molar-refractivity contribution in [2.75, 3.05) is 6.61 Å². The van der Waals surface area contributed by atoms with Gasteiger partial charge >= 0.3 is 0 Å². The summed E-state index contributed by atoms with van der Waals surface area (Å²) < 4.78 is 0. The fraction of sp³-hybridized carbons (Fsp3) is 0.875. The molecule has 0 saturated heterocycles. The molecule has 1 amide bonds. The summed E-state index contributed by atoms with van der Waals surface area (Å²) in [5.41, 5.74) is -0.0829. The zero-order valence-corrected chi connectivity index (χ0v) is 7.64. The maximum absolute atomic E-state index is 10.6. The van der Waals surface area contributed by atoms with Crippen LogP contribution in [0.15, 0.2) is 0 Å². The van der Waals surface area contributed by atoms with E-state index >= 15 is 0 Å². The maximum atomic E-state index is 10.6. The summed E-state index contributed by atoms with van der Waals surface area (Å²) in [7, 11) is 0. The number of carbonyl (C=O) groups is 1. The highest BCUT2D eigenvalue weighted by atomic mass is 16.3. The smallest absolute Gasteiger partial charge is 0.217 e. The van der Waals surface area contributed by atoms with Crippen molar-refractivity contribution in [1.29, 1.82) is 0 Å². The summed E-state index contributed by atoms with van der Waals surface area (Å²) >= 11 is 0. The zero-order valence-electron chi connectivity index (χ0n) is 7.64. The monoisotopic (exact) mass is 159 g/mol. The minimum atomic E-state index is -0.153. The van der Waals surface area contributed by atoms with E-state index in [1.165, 1.54) is 6.92 Å².